The van der Waals surface area contributed by atoms with Crippen molar-refractivity contribution in [2.75, 3.05) is 0 Å². The SMILES string of the molecule is CCC(CC)n1c(-c2cccc(C#N)c2)cc(C(N)=O)c1C. The summed E-state index contributed by atoms with van der Waals surface area (Å²) in [5.41, 5.74) is 9.42. The number of rotatable bonds is 5. The van der Waals surface area contributed by atoms with Crippen molar-refractivity contribution in [3.05, 3.63) is 47.2 Å². The fourth-order valence-electron chi connectivity index (χ4n) is 2.97. The Bertz CT molecular complexity index is 733. The van der Waals surface area contributed by atoms with Gasteiger partial charge in [-0.2, -0.15) is 5.26 Å². The molecule has 2 N–H and O–H groups in total. The van der Waals surface area contributed by atoms with Gasteiger partial charge < -0.3 is 10.3 Å². The van der Waals surface area contributed by atoms with Gasteiger partial charge in [-0.05, 0) is 43.5 Å². The Balaban J connectivity index is 2.70. The summed E-state index contributed by atoms with van der Waals surface area (Å²) in [6.07, 6.45) is 1.93. The summed E-state index contributed by atoms with van der Waals surface area (Å²) < 4.78 is 2.18. The number of nitrogens with two attached hydrogens (primary N) is 1. The quantitative estimate of drug-likeness (QED) is 0.911. The van der Waals surface area contributed by atoms with Gasteiger partial charge in [-0.25, -0.2) is 0 Å². The fourth-order valence-corrected chi connectivity index (χ4v) is 2.97. The third kappa shape index (κ3) is 2.75. The highest BCUT2D eigenvalue weighted by Crippen LogP contribution is 2.32. The number of carbonyl (C=O) groups excluding carboxylic acids is 1. The van der Waals surface area contributed by atoms with Crippen LogP contribution >= 0.6 is 0 Å². The van der Waals surface area contributed by atoms with E-state index < -0.39 is 5.91 Å². The molecule has 0 unspecified atom stereocenters. The van der Waals surface area contributed by atoms with Gasteiger partial charge >= 0.3 is 0 Å². The normalized spacial score (nSPS) is 10.7. The van der Waals surface area contributed by atoms with Crippen LogP contribution in [0.4, 0.5) is 0 Å². The van der Waals surface area contributed by atoms with Crippen molar-refractivity contribution in [3.8, 4) is 17.3 Å². The van der Waals surface area contributed by atoms with Crippen LogP contribution in [0.25, 0.3) is 11.3 Å². The van der Waals surface area contributed by atoms with E-state index in [-0.39, 0.29) is 0 Å². The smallest absolute Gasteiger partial charge is 0.250 e. The minimum absolute atomic E-state index is 0.300. The lowest BCUT2D eigenvalue weighted by atomic mass is 10.1. The number of nitriles is 1. The number of benzene rings is 1. The first kappa shape index (κ1) is 15.8. The third-order valence-corrected chi connectivity index (χ3v) is 4.15. The molecule has 0 spiro atoms. The summed E-state index contributed by atoms with van der Waals surface area (Å²) in [6.45, 7) is 6.19. The van der Waals surface area contributed by atoms with E-state index in [1.807, 2.05) is 31.2 Å². The highest BCUT2D eigenvalue weighted by molar-refractivity contribution is 5.95. The predicted octanol–water partition coefficient (Wildman–Crippen LogP) is 3.80. The molecular formula is C18H21N3O. The topological polar surface area (TPSA) is 71.8 Å². The van der Waals surface area contributed by atoms with Crippen LogP contribution in [0, 0.1) is 18.3 Å². The first-order valence-electron chi connectivity index (χ1n) is 7.55. The molecular weight excluding hydrogens is 274 g/mol. The second-order valence-electron chi connectivity index (χ2n) is 5.43. The van der Waals surface area contributed by atoms with E-state index in [4.69, 9.17) is 11.0 Å². The van der Waals surface area contributed by atoms with Crippen molar-refractivity contribution in [3.63, 3.8) is 0 Å². The first-order chi connectivity index (χ1) is 10.5. The van der Waals surface area contributed by atoms with Gasteiger partial charge in [0.2, 0.25) is 0 Å². The minimum atomic E-state index is -0.417. The van der Waals surface area contributed by atoms with E-state index in [1.54, 1.807) is 6.07 Å². The van der Waals surface area contributed by atoms with Crippen molar-refractivity contribution in [2.45, 2.75) is 39.7 Å². The zero-order valence-electron chi connectivity index (χ0n) is 13.3. The number of carbonyl (C=O) groups is 1. The predicted molar refractivity (Wildman–Crippen MR) is 87.5 cm³/mol. The molecule has 2 aromatic rings. The molecule has 1 aromatic heterocycles. The van der Waals surface area contributed by atoms with Crippen LogP contribution < -0.4 is 5.73 Å². The van der Waals surface area contributed by atoms with Gasteiger partial charge in [-0.15, -0.1) is 0 Å². The molecule has 114 valence electrons. The summed E-state index contributed by atoms with van der Waals surface area (Å²) in [6, 6.07) is 11.7. The van der Waals surface area contributed by atoms with Gasteiger partial charge in [-0.3, -0.25) is 4.79 Å². The molecule has 0 aliphatic carbocycles. The molecule has 0 fully saturated rings. The van der Waals surface area contributed by atoms with E-state index in [0.29, 0.717) is 17.2 Å². The Labute approximate surface area is 131 Å². The average Bonchev–Trinajstić information content (AvgIpc) is 2.87. The number of primary amides is 1. The molecule has 1 heterocycles. The minimum Gasteiger partial charge on any atom is -0.366 e. The molecule has 4 heteroatoms. The van der Waals surface area contributed by atoms with Crippen LogP contribution in [0.5, 0.6) is 0 Å². The van der Waals surface area contributed by atoms with Crippen LogP contribution in [-0.2, 0) is 0 Å². The summed E-state index contributed by atoms with van der Waals surface area (Å²) >= 11 is 0. The maximum absolute atomic E-state index is 11.7. The maximum Gasteiger partial charge on any atom is 0.250 e. The molecule has 4 nitrogen and oxygen atoms in total. The van der Waals surface area contributed by atoms with Gasteiger partial charge in [0, 0.05) is 17.4 Å². The number of aromatic nitrogens is 1. The zero-order chi connectivity index (χ0) is 16.3. The van der Waals surface area contributed by atoms with Crippen molar-refractivity contribution in [1.29, 1.82) is 5.26 Å². The Morgan fingerprint density at radius 3 is 2.55 bits per heavy atom. The zero-order valence-corrected chi connectivity index (χ0v) is 13.3. The number of amides is 1. The van der Waals surface area contributed by atoms with Gasteiger partial charge in [0.15, 0.2) is 0 Å². The molecule has 0 aliphatic rings. The van der Waals surface area contributed by atoms with Crippen LogP contribution in [0.2, 0.25) is 0 Å². The maximum atomic E-state index is 11.7. The highest BCUT2D eigenvalue weighted by Gasteiger charge is 2.20. The largest absolute Gasteiger partial charge is 0.366 e. The number of hydrogen-bond acceptors (Lipinski definition) is 2. The van der Waals surface area contributed by atoms with Crippen molar-refractivity contribution >= 4 is 5.91 Å². The van der Waals surface area contributed by atoms with E-state index in [1.165, 1.54) is 0 Å². The lowest BCUT2D eigenvalue weighted by Gasteiger charge is -2.21. The Morgan fingerprint density at radius 1 is 1.32 bits per heavy atom. The van der Waals surface area contributed by atoms with Crippen molar-refractivity contribution in [2.24, 2.45) is 5.73 Å². The Hall–Kier alpha value is -2.54. The lowest BCUT2D eigenvalue weighted by molar-refractivity contribution is 0.0999. The molecule has 0 saturated heterocycles. The summed E-state index contributed by atoms with van der Waals surface area (Å²) in [4.78, 5) is 11.7. The second-order valence-corrected chi connectivity index (χ2v) is 5.43. The molecule has 1 amide bonds. The summed E-state index contributed by atoms with van der Waals surface area (Å²) in [5.74, 6) is -0.417. The number of nitrogens with zero attached hydrogens (tertiary/aromatic N) is 2. The second kappa shape index (κ2) is 6.48. The van der Waals surface area contributed by atoms with Crippen LogP contribution in [0.3, 0.4) is 0 Å². The van der Waals surface area contributed by atoms with Crippen molar-refractivity contribution < 1.29 is 4.79 Å². The van der Waals surface area contributed by atoms with Gasteiger partial charge in [0.25, 0.3) is 5.91 Å². The van der Waals surface area contributed by atoms with E-state index >= 15 is 0 Å². The first-order valence-corrected chi connectivity index (χ1v) is 7.55. The monoisotopic (exact) mass is 295 g/mol. The van der Waals surface area contributed by atoms with Crippen LogP contribution in [0.1, 0.15) is 54.3 Å². The van der Waals surface area contributed by atoms with Gasteiger partial charge in [-0.1, -0.05) is 26.0 Å². The summed E-state index contributed by atoms with van der Waals surface area (Å²) in [5, 5.41) is 9.10. The third-order valence-electron chi connectivity index (χ3n) is 4.15. The highest BCUT2D eigenvalue weighted by atomic mass is 16.1. The molecule has 22 heavy (non-hydrogen) atoms. The van der Waals surface area contributed by atoms with E-state index in [2.05, 4.69) is 24.5 Å². The van der Waals surface area contributed by atoms with Gasteiger partial charge in [0.05, 0.1) is 17.2 Å². The van der Waals surface area contributed by atoms with Gasteiger partial charge in [0.1, 0.15) is 0 Å². The van der Waals surface area contributed by atoms with E-state index in [9.17, 15) is 4.79 Å². The average molecular weight is 295 g/mol. The molecule has 0 saturated carbocycles. The fraction of sp³-hybridized carbons (Fsp3) is 0.333. The van der Waals surface area contributed by atoms with E-state index in [0.717, 1.165) is 29.8 Å². The Kier molecular flexibility index (Phi) is 4.67. The molecule has 1 aromatic carbocycles. The molecule has 0 aliphatic heterocycles. The standard InChI is InChI=1S/C18H21N3O/c1-4-15(5-2)21-12(3)16(18(20)22)10-17(21)14-8-6-7-13(9-14)11-19/h6-10,15H,4-5H2,1-3H3,(H2,20,22). The molecule has 0 atom stereocenters. The Morgan fingerprint density at radius 2 is 2.00 bits per heavy atom. The van der Waals surface area contributed by atoms with Crippen LogP contribution in [0.15, 0.2) is 30.3 Å². The van der Waals surface area contributed by atoms with Crippen LogP contribution in [-0.4, -0.2) is 10.5 Å². The lowest BCUT2D eigenvalue weighted by Crippen LogP contribution is -2.14. The molecule has 0 radical (unpaired) electrons. The molecule has 2 rings (SSSR count). The molecule has 0 bridgehead atoms. The van der Waals surface area contributed by atoms with Crippen molar-refractivity contribution in [1.82, 2.24) is 4.57 Å². The number of hydrogen-bond donors (Lipinski definition) is 1. The summed E-state index contributed by atoms with van der Waals surface area (Å²) in [7, 11) is 0.